The lowest BCUT2D eigenvalue weighted by Gasteiger charge is -2.33. The molecule has 5 heteroatoms. The third kappa shape index (κ3) is 3.53. The molecule has 2 aliphatic rings. The second-order valence-corrected chi connectivity index (χ2v) is 6.20. The molecule has 0 spiro atoms. The summed E-state index contributed by atoms with van der Waals surface area (Å²) < 4.78 is 1.79. The highest BCUT2D eigenvalue weighted by Gasteiger charge is 2.30. The van der Waals surface area contributed by atoms with E-state index in [4.69, 9.17) is 0 Å². The number of aromatic nitrogens is 2. The minimum absolute atomic E-state index is 0.0408. The molecule has 3 atom stereocenters. The maximum atomic E-state index is 11.7. The first-order valence-electron chi connectivity index (χ1n) is 7.88. The van der Waals surface area contributed by atoms with E-state index in [0.717, 1.165) is 24.4 Å². The van der Waals surface area contributed by atoms with Gasteiger partial charge >= 0.3 is 0 Å². The van der Waals surface area contributed by atoms with Gasteiger partial charge in [0.15, 0.2) is 0 Å². The van der Waals surface area contributed by atoms with Crippen LogP contribution < -0.4 is 10.6 Å². The summed E-state index contributed by atoms with van der Waals surface area (Å²) in [7, 11) is 1.91. The molecule has 0 radical (unpaired) electrons. The molecule has 1 aliphatic carbocycles. The first-order chi connectivity index (χ1) is 10.2. The van der Waals surface area contributed by atoms with E-state index in [9.17, 15) is 4.79 Å². The van der Waals surface area contributed by atoms with E-state index in [2.05, 4.69) is 27.9 Å². The van der Waals surface area contributed by atoms with Gasteiger partial charge in [0.1, 0.15) is 0 Å². The Bertz CT molecular complexity index is 522. The highest BCUT2D eigenvalue weighted by Crippen LogP contribution is 2.25. The molecule has 0 bridgehead atoms. The van der Waals surface area contributed by atoms with Crippen molar-refractivity contribution in [1.82, 2.24) is 20.4 Å². The van der Waals surface area contributed by atoms with Crippen LogP contribution in [-0.2, 0) is 11.8 Å². The molecule has 0 unspecified atom stereocenters. The Morgan fingerprint density at radius 1 is 1.43 bits per heavy atom. The summed E-state index contributed by atoms with van der Waals surface area (Å²) in [5.74, 6) is 0.865. The topological polar surface area (TPSA) is 59.0 Å². The molecule has 1 amide bonds. The van der Waals surface area contributed by atoms with E-state index in [1.807, 2.05) is 19.4 Å². The Labute approximate surface area is 125 Å². The summed E-state index contributed by atoms with van der Waals surface area (Å²) in [6, 6.07) is 0.344. The number of hydrogen-bond donors (Lipinski definition) is 2. The number of nitrogens with one attached hydrogen (secondary N) is 2. The normalized spacial score (nSPS) is 29.4. The van der Waals surface area contributed by atoms with Gasteiger partial charge in [0.2, 0.25) is 5.91 Å². The predicted molar refractivity (Wildman–Crippen MR) is 81.6 cm³/mol. The molecular weight excluding hydrogens is 264 g/mol. The Morgan fingerprint density at radius 2 is 2.33 bits per heavy atom. The van der Waals surface area contributed by atoms with Crippen LogP contribution in [0.4, 0.5) is 0 Å². The molecule has 0 saturated carbocycles. The second-order valence-electron chi connectivity index (χ2n) is 6.20. The van der Waals surface area contributed by atoms with Crippen LogP contribution in [0.25, 0.3) is 0 Å². The average molecular weight is 288 g/mol. The van der Waals surface area contributed by atoms with Crippen molar-refractivity contribution in [2.45, 2.75) is 44.2 Å². The number of carbonyl (C=O) groups is 1. The van der Waals surface area contributed by atoms with Crippen molar-refractivity contribution in [3.63, 3.8) is 0 Å². The van der Waals surface area contributed by atoms with Crippen LogP contribution in [-0.4, -0.2) is 28.3 Å². The van der Waals surface area contributed by atoms with Gasteiger partial charge in [0.25, 0.3) is 0 Å². The molecule has 1 aromatic rings. The minimum atomic E-state index is 0.0408. The number of piperidine rings is 1. The highest BCUT2D eigenvalue weighted by molar-refractivity contribution is 5.77. The lowest BCUT2D eigenvalue weighted by Crippen LogP contribution is -2.49. The fraction of sp³-hybridized carbons (Fsp3) is 0.625. The van der Waals surface area contributed by atoms with Gasteiger partial charge in [-0.2, -0.15) is 5.10 Å². The first kappa shape index (κ1) is 14.3. The van der Waals surface area contributed by atoms with E-state index in [-0.39, 0.29) is 11.9 Å². The maximum absolute atomic E-state index is 11.7. The molecule has 1 aromatic heterocycles. The van der Waals surface area contributed by atoms with Gasteiger partial charge in [0, 0.05) is 31.3 Å². The van der Waals surface area contributed by atoms with E-state index >= 15 is 0 Å². The largest absolute Gasteiger partial charge is 0.348 e. The van der Waals surface area contributed by atoms with E-state index in [0.29, 0.717) is 12.5 Å². The summed E-state index contributed by atoms with van der Waals surface area (Å²) >= 11 is 0. The zero-order valence-electron chi connectivity index (χ0n) is 12.6. The number of hydrogen-bond acceptors (Lipinski definition) is 3. The summed E-state index contributed by atoms with van der Waals surface area (Å²) in [4.78, 5) is 11.7. The van der Waals surface area contributed by atoms with Crippen molar-refractivity contribution >= 4 is 5.91 Å². The van der Waals surface area contributed by atoms with Gasteiger partial charge in [-0.3, -0.25) is 9.48 Å². The molecule has 0 aromatic carbocycles. The van der Waals surface area contributed by atoms with E-state index < -0.39 is 0 Å². The quantitative estimate of drug-likeness (QED) is 0.829. The van der Waals surface area contributed by atoms with Crippen molar-refractivity contribution in [3.05, 3.63) is 30.1 Å². The standard InChI is InChI=1S/C16H24N4O/c1-20-11-13(10-18-20)16-14(7-8-15(21)19-16)17-9-12-5-3-2-4-6-12/h2-3,10-12,14,16-17H,4-9H2,1H3,(H,19,21)/t12-,14+,16-/m0/s1. The molecule has 1 aliphatic heterocycles. The van der Waals surface area contributed by atoms with Gasteiger partial charge in [-0.25, -0.2) is 0 Å². The highest BCUT2D eigenvalue weighted by atomic mass is 16.1. The molecule has 2 heterocycles. The van der Waals surface area contributed by atoms with Gasteiger partial charge in [-0.1, -0.05) is 12.2 Å². The third-order valence-electron chi connectivity index (χ3n) is 4.53. The van der Waals surface area contributed by atoms with Crippen LogP contribution in [0, 0.1) is 5.92 Å². The zero-order chi connectivity index (χ0) is 14.7. The van der Waals surface area contributed by atoms with E-state index in [1.54, 1.807) is 4.68 Å². The van der Waals surface area contributed by atoms with Gasteiger partial charge in [-0.05, 0) is 38.1 Å². The van der Waals surface area contributed by atoms with Crippen LogP contribution in [0.5, 0.6) is 0 Å². The number of amides is 1. The molecule has 1 fully saturated rings. The fourth-order valence-electron chi connectivity index (χ4n) is 3.30. The molecule has 21 heavy (non-hydrogen) atoms. The minimum Gasteiger partial charge on any atom is -0.348 e. The van der Waals surface area contributed by atoms with Crippen molar-refractivity contribution < 1.29 is 4.79 Å². The lowest BCUT2D eigenvalue weighted by molar-refractivity contribution is -0.123. The lowest BCUT2D eigenvalue weighted by atomic mass is 9.91. The maximum Gasteiger partial charge on any atom is 0.220 e. The molecule has 2 N–H and O–H groups in total. The number of nitrogens with zero attached hydrogens (tertiary/aromatic N) is 2. The average Bonchev–Trinajstić information content (AvgIpc) is 2.93. The van der Waals surface area contributed by atoms with Crippen LogP contribution >= 0.6 is 0 Å². The Kier molecular flexibility index (Phi) is 4.39. The Balaban J connectivity index is 1.63. The number of rotatable bonds is 4. The van der Waals surface area contributed by atoms with Gasteiger partial charge in [0.05, 0.1) is 12.2 Å². The molecule has 114 valence electrons. The summed E-state index contributed by atoms with van der Waals surface area (Å²) in [5, 5.41) is 11.0. The van der Waals surface area contributed by atoms with Crippen molar-refractivity contribution in [1.29, 1.82) is 0 Å². The second kappa shape index (κ2) is 6.43. The number of carbonyl (C=O) groups excluding carboxylic acids is 1. The first-order valence-corrected chi connectivity index (χ1v) is 7.88. The summed E-state index contributed by atoms with van der Waals surface area (Å²) in [6.07, 6.45) is 13.5. The monoisotopic (exact) mass is 288 g/mol. The Morgan fingerprint density at radius 3 is 3.05 bits per heavy atom. The van der Waals surface area contributed by atoms with Crippen LogP contribution in [0.15, 0.2) is 24.5 Å². The molecule has 1 saturated heterocycles. The molecule has 5 nitrogen and oxygen atoms in total. The van der Waals surface area contributed by atoms with E-state index in [1.165, 1.54) is 19.3 Å². The van der Waals surface area contributed by atoms with Crippen LogP contribution in [0.1, 0.15) is 43.7 Å². The summed E-state index contributed by atoms with van der Waals surface area (Å²) in [6.45, 7) is 1.03. The predicted octanol–water partition coefficient (Wildman–Crippen LogP) is 1.69. The Hall–Kier alpha value is -1.62. The van der Waals surface area contributed by atoms with Crippen LogP contribution in [0.2, 0.25) is 0 Å². The molecule has 3 rings (SSSR count). The third-order valence-corrected chi connectivity index (χ3v) is 4.53. The van der Waals surface area contributed by atoms with Gasteiger partial charge in [-0.15, -0.1) is 0 Å². The zero-order valence-corrected chi connectivity index (χ0v) is 12.6. The smallest absolute Gasteiger partial charge is 0.220 e. The number of aryl methyl sites for hydroxylation is 1. The number of allylic oxidation sites excluding steroid dienone is 2. The SMILES string of the molecule is Cn1cc([C@@H]2NC(=O)CC[C@H]2NC[C@H]2CC=CCC2)cn1. The van der Waals surface area contributed by atoms with Crippen molar-refractivity contribution in [2.75, 3.05) is 6.54 Å². The summed E-state index contributed by atoms with van der Waals surface area (Å²) in [5.41, 5.74) is 1.09. The fourth-order valence-corrected chi connectivity index (χ4v) is 3.30. The van der Waals surface area contributed by atoms with Crippen molar-refractivity contribution in [3.8, 4) is 0 Å². The van der Waals surface area contributed by atoms with Gasteiger partial charge < -0.3 is 10.6 Å². The van der Waals surface area contributed by atoms with Crippen LogP contribution in [0.3, 0.4) is 0 Å². The molecular formula is C16H24N4O. The van der Waals surface area contributed by atoms with Crippen molar-refractivity contribution in [2.24, 2.45) is 13.0 Å².